The Labute approximate surface area is 100 Å². The molecule has 90 valence electrons. The van der Waals surface area contributed by atoms with E-state index in [0.717, 1.165) is 12.1 Å². The third kappa shape index (κ3) is 3.22. The van der Waals surface area contributed by atoms with E-state index in [9.17, 15) is 0 Å². The second kappa shape index (κ2) is 6.26. The standard InChI is InChI=1S/C13H23NOSi/c1-15-11-16(13-8-5-9-14-13)10-12-6-3-2-4-7-12/h5,8-9,12,14,16H,2-4,6-7,10-11H2,1H3. The molecule has 0 bridgehead atoms. The minimum absolute atomic E-state index is 0.894. The second-order valence-corrected chi connectivity index (χ2v) is 7.84. The molecule has 0 aromatic carbocycles. The number of nitrogens with one attached hydrogen (secondary N) is 1. The van der Waals surface area contributed by atoms with Crippen molar-refractivity contribution in [2.45, 2.75) is 38.1 Å². The third-order valence-electron chi connectivity index (χ3n) is 3.77. The molecule has 1 heterocycles. The maximum Gasteiger partial charge on any atom is 0.121 e. The average Bonchev–Trinajstić information content (AvgIpc) is 2.83. The van der Waals surface area contributed by atoms with Crippen LogP contribution in [0.1, 0.15) is 32.1 Å². The minimum atomic E-state index is -0.894. The van der Waals surface area contributed by atoms with Gasteiger partial charge in [0.25, 0.3) is 0 Å². The highest BCUT2D eigenvalue weighted by molar-refractivity contribution is 6.72. The number of rotatable bonds is 5. The van der Waals surface area contributed by atoms with Crippen molar-refractivity contribution in [3.63, 3.8) is 0 Å². The molecule has 1 aromatic heterocycles. The summed E-state index contributed by atoms with van der Waals surface area (Å²) in [5.74, 6) is 0.976. The summed E-state index contributed by atoms with van der Waals surface area (Å²) in [5, 5.41) is 1.48. The molecule has 0 spiro atoms. The van der Waals surface area contributed by atoms with Gasteiger partial charge in [-0.25, -0.2) is 0 Å². The van der Waals surface area contributed by atoms with Crippen LogP contribution in [0.5, 0.6) is 0 Å². The molecule has 1 aliphatic rings. The predicted molar refractivity (Wildman–Crippen MR) is 70.8 cm³/mol. The minimum Gasteiger partial charge on any atom is -0.388 e. The predicted octanol–water partition coefficient (Wildman–Crippen LogP) is 2.21. The number of aromatic amines is 1. The molecule has 1 N–H and O–H groups in total. The second-order valence-electron chi connectivity index (χ2n) is 5.02. The van der Waals surface area contributed by atoms with Crippen LogP contribution in [-0.2, 0) is 4.74 Å². The van der Waals surface area contributed by atoms with Gasteiger partial charge in [-0.15, -0.1) is 0 Å². The highest BCUT2D eigenvalue weighted by atomic mass is 28.3. The van der Waals surface area contributed by atoms with Gasteiger partial charge in [0.05, 0.1) is 0 Å². The van der Waals surface area contributed by atoms with E-state index in [1.165, 1.54) is 43.5 Å². The van der Waals surface area contributed by atoms with E-state index in [4.69, 9.17) is 4.74 Å². The van der Waals surface area contributed by atoms with Gasteiger partial charge in [-0.2, -0.15) is 0 Å². The van der Waals surface area contributed by atoms with Gasteiger partial charge in [-0.1, -0.05) is 32.1 Å². The largest absolute Gasteiger partial charge is 0.388 e. The average molecular weight is 237 g/mol. The van der Waals surface area contributed by atoms with Gasteiger partial charge in [0.15, 0.2) is 0 Å². The topological polar surface area (TPSA) is 25.0 Å². The van der Waals surface area contributed by atoms with Crippen LogP contribution in [0.4, 0.5) is 0 Å². The van der Waals surface area contributed by atoms with Gasteiger partial charge in [-0.3, -0.25) is 0 Å². The molecular formula is C13H23NOSi. The normalized spacial score (nSPS) is 19.8. The lowest BCUT2D eigenvalue weighted by Crippen LogP contribution is -2.38. The lowest BCUT2D eigenvalue weighted by atomic mass is 9.91. The molecule has 1 aromatic rings. The fourth-order valence-corrected chi connectivity index (χ4v) is 5.87. The van der Waals surface area contributed by atoms with Crippen LogP contribution in [0.15, 0.2) is 18.3 Å². The molecule has 16 heavy (non-hydrogen) atoms. The zero-order valence-electron chi connectivity index (χ0n) is 10.2. The smallest absolute Gasteiger partial charge is 0.121 e. The number of hydrogen-bond acceptors (Lipinski definition) is 1. The first-order valence-electron chi connectivity index (χ1n) is 6.52. The van der Waals surface area contributed by atoms with Crippen LogP contribution in [0.2, 0.25) is 6.04 Å². The van der Waals surface area contributed by atoms with Crippen LogP contribution in [-0.4, -0.2) is 27.1 Å². The van der Waals surface area contributed by atoms with Crippen LogP contribution in [0.3, 0.4) is 0 Å². The number of aromatic nitrogens is 1. The first kappa shape index (κ1) is 11.9. The van der Waals surface area contributed by atoms with Crippen molar-refractivity contribution in [2.75, 3.05) is 13.3 Å². The molecule has 1 aliphatic carbocycles. The summed E-state index contributed by atoms with van der Waals surface area (Å²) >= 11 is 0. The molecule has 1 fully saturated rings. The van der Waals surface area contributed by atoms with Gasteiger partial charge in [-0.05, 0) is 29.4 Å². The Morgan fingerprint density at radius 2 is 2.19 bits per heavy atom. The van der Waals surface area contributed by atoms with E-state index in [1.807, 2.05) is 13.3 Å². The SMILES string of the molecule is COC[SiH](CC1CCCCC1)c1ccc[nH]1. The van der Waals surface area contributed by atoms with Crippen molar-refractivity contribution < 1.29 is 4.74 Å². The molecule has 0 aliphatic heterocycles. The maximum absolute atomic E-state index is 5.41. The summed E-state index contributed by atoms with van der Waals surface area (Å²) in [6.45, 7) is 0. The van der Waals surface area contributed by atoms with E-state index in [0.29, 0.717) is 0 Å². The van der Waals surface area contributed by atoms with E-state index in [2.05, 4.69) is 17.1 Å². The third-order valence-corrected chi connectivity index (χ3v) is 6.98. The van der Waals surface area contributed by atoms with Crippen molar-refractivity contribution in [3.05, 3.63) is 18.3 Å². The summed E-state index contributed by atoms with van der Waals surface area (Å²) in [6, 6.07) is 5.79. The van der Waals surface area contributed by atoms with Crippen molar-refractivity contribution in [2.24, 2.45) is 5.92 Å². The number of methoxy groups -OCH3 is 1. The van der Waals surface area contributed by atoms with Crippen LogP contribution >= 0.6 is 0 Å². The highest BCUT2D eigenvalue weighted by Crippen LogP contribution is 2.27. The molecule has 0 amide bonds. The molecule has 1 unspecified atom stereocenters. The lowest BCUT2D eigenvalue weighted by molar-refractivity contribution is 0.248. The summed E-state index contributed by atoms with van der Waals surface area (Å²) in [6.07, 6.45) is 10.3. The first-order valence-corrected chi connectivity index (χ1v) is 8.73. The van der Waals surface area contributed by atoms with Gasteiger partial charge < -0.3 is 9.72 Å². The summed E-state index contributed by atoms with van der Waals surface area (Å²) in [5.41, 5.74) is 0. The fourth-order valence-electron chi connectivity index (χ4n) is 2.91. The lowest BCUT2D eigenvalue weighted by Gasteiger charge is -2.25. The Hall–Kier alpha value is -0.543. The van der Waals surface area contributed by atoms with E-state index >= 15 is 0 Å². The molecular weight excluding hydrogens is 214 g/mol. The maximum atomic E-state index is 5.41. The molecule has 1 atom stereocenters. The Morgan fingerprint density at radius 3 is 2.81 bits per heavy atom. The van der Waals surface area contributed by atoms with E-state index in [-0.39, 0.29) is 0 Å². The molecule has 1 saturated carbocycles. The zero-order chi connectivity index (χ0) is 11.2. The number of ether oxygens (including phenoxy) is 1. The Morgan fingerprint density at radius 1 is 1.38 bits per heavy atom. The summed E-state index contributed by atoms with van der Waals surface area (Å²) < 4.78 is 5.41. The molecule has 2 rings (SSSR count). The monoisotopic (exact) mass is 237 g/mol. The van der Waals surface area contributed by atoms with E-state index < -0.39 is 8.80 Å². The van der Waals surface area contributed by atoms with Gasteiger partial charge in [0.2, 0.25) is 0 Å². The van der Waals surface area contributed by atoms with Crippen LogP contribution in [0.25, 0.3) is 0 Å². The van der Waals surface area contributed by atoms with Gasteiger partial charge in [0.1, 0.15) is 8.80 Å². The Kier molecular flexibility index (Phi) is 4.66. The van der Waals surface area contributed by atoms with E-state index in [1.54, 1.807) is 0 Å². The van der Waals surface area contributed by atoms with Crippen molar-refractivity contribution in [3.8, 4) is 0 Å². The zero-order valence-corrected chi connectivity index (χ0v) is 11.4. The molecule has 2 nitrogen and oxygen atoms in total. The molecule has 0 radical (unpaired) electrons. The van der Waals surface area contributed by atoms with Crippen molar-refractivity contribution in [1.82, 2.24) is 4.98 Å². The van der Waals surface area contributed by atoms with Crippen molar-refractivity contribution in [1.29, 1.82) is 0 Å². The molecule has 0 saturated heterocycles. The number of hydrogen-bond donors (Lipinski definition) is 1. The Bertz CT molecular complexity index is 280. The fraction of sp³-hybridized carbons (Fsp3) is 0.692. The summed E-state index contributed by atoms with van der Waals surface area (Å²) in [4.78, 5) is 3.39. The summed E-state index contributed by atoms with van der Waals surface area (Å²) in [7, 11) is 0.943. The van der Waals surface area contributed by atoms with Crippen molar-refractivity contribution >= 4 is 14.1 Å². The first-order chi connectivity index (χ1) is 7.90. The van der Waals surface area contributed by atoms with Gasteiger partial charge in [0, 0.05) is 19.5 Å². The Balaban J connectivity index is 1.91. The number of H-pyrrole nitrogens is 1. The van der Waals surface area contributed by atoms with Crippen LogP contribution < -0.4 is 5.32 Å². The van der Waals surface area contributed by atoms with Gasteiger partial charge >= 0.3 is 0 Å². The van der Waals surface area contributed by atoms with Crippen LogP contribution in [0, 0.1) is 5.92 Å². The molecule has 3 heteroatoms. The quantitative estimate of drug-likeness (QED) is 0.781. The highest BCUT2D eigenvalue weighted by Gasteiger charge is 2.22.